The van der Waals surface area contributed by atoms with Gasteiger partial charge in [0.05, 0.1) is 5.69 Å². The van der Waals surface area contributed by atoms with Crippen molar-refractivity contribution in [3.63, 3.8) is 0 Å². The number of rotatable bonds is 6. The van der Waals surface area contributed by atoms with Crippen LogP contribution in [0.5, 0.6) is 0 Å². The number of hydrogen-bond donors (Lipinski definition) is 0. The molecule has 7 fully saturated rings. The van der Waals surface area contributed by atoms with Crippen LogP contribution in [0.1, 0.15) is 135 Å². The lowest BCUT2D eigenvalue weighted by molar-refractivity contribution is -0.213. The third-order valence-electron chi connectivity index (χ3n) is 21.8. The van der Waals surface area contributed by atoms with Gasteiger partial charge < -0.3 is 9.80 Å². The summed E-state index contributed by atoms with van der Waals surface area (Å²) in [4.78, 5) is 14.2. The number of fused-ring (bicyclic) bond motifs is 6. The van der Waals surface area contributed by atoms with E-state index in [2.05, 4.69) is 216 Å². The van der Waals surface area contributed by atoms with Gasteiger partial charge in [-0.3, -0.25) is 4.90 Å². The Labute approximate surface area is 440 Å². The molecule has 0 amide bonds. The van der Waals surface area contributed by atoms with E-state index in [4.69, 9.17) is 4.98 Å². The van der Waals surface area contributed by atoms with Crippen molar-refractivity contribution in [3.05, 3.63) is 174 Å². The van der Waals surface area contributed by atoms with Gasteiger partial charge in [0.2, 0.25) is 0 Å². The van der Waals surface area contributed by atoms with E-state index in [1.165, 1.54) is 111 Å². The Bertz CT molecular complexity index is 3400. The first-order valence-corrected chi connectivity index (χ1v) is 28.7. The molecule has 0 radical (unpaired) electrons. The zero-order chi connectivity index (χ0) is 50.0. The predicted molar refractivity (Wildman–Crippen MR) is 308 cm³/mol. The van der Waals surface area contributed by atoms with E-state index in [1.807, 2.05) is 0 Å². The zero-order valence-electron chi connectivity index (χ0n) is 44.9. The average Bonchev–Trinajstić information content (AvgIpc) is 3.88. The Kier molecular flexibility index (Phi) is 8.76. The molecule has 0 spiro atoms. The van der Waals surface area contributed by atoms with Crippen molar-refractivity contribution in [3.8, 4) is 0 Å². The minimum Gasteiger partial charge on any atom is -0.311 e. The molecule has 0 atom stereocenters. The summed E-state index contributed by atoms with van der Waals surface area (Å²) in [5.41, 5.74) is 21.7. The number of hydrogen-bond acceptors (Lipinski definition) is 4. The molecule has 0 N–H and O–H groups in total. The summed E-state index contributed by atoms with van der Waals surface area (Å²) in [5.74, 6) is 7.47. The van der Waals surface area contributed by atoms with Gasteiger partial charge in [0.1, 0.15) is 5.82 Å². The highest BCUT2D eigenvalue weighted by Gasteiger charge is 2.68. The third kappa shape index (κ3) is 5.91. The molecular weight excluding hydrogens is 896 g/mol. The second kappa shape index (κ2) is 14.7. The van der Waals surface area contributed by atoms with Crippen molar-refractivity contribution in [2.75, 3.05) is 14.7 Å². The molecule has 11 aliphatic rings. The molecule has 6 aromatic carbocycles. The fourth-order valence-electron chi connectivity index (χ4n) is 19.8. The van der Waals surface area contributed by atoms with E-state index in [0.717, 1.165) is 77.1 Å². The third-order valence-corrected chi connectivity index (χ3v) is 21.8. The van der Waals surface area contributed by atoms with Gasteiger partial charge in [0.25, 0.3) is 6.71 Å². The predicted octanol–water partition coefficient (Wildman–Crippen LogP) is 15.5. The Hall–Kier alpha value is -6.07. The van der Waals surface area contributed by atoms with Crippen molar-refractivity contribution < 1.29 is 0 Å². The Morgan fingerprint density at radius 1 is 0.446 bits per heavy atom. The quantitative estimate of drug-likeness (QED) is 0.155. The minimum atomic E-state index is -0.0176. The van der Waals surface area contributed by atoms with Gasteiger partial charge >= 0.3 is 0 Å². The van der Waals surface area contributed by atoms with Crippen molar-refractivity contribution in [2.24, 2.45) is 41.4 Å². The highest BCUT2D eigenvalue weighted by Crippen LogP contribution is 2.74. The normalized spacial score (nSPS) is 29.5. The highest BCUT2D eigenvalue weighted by molar-refractivity contribution is 7.00. The number of anilines is 9. The smallest absolute Gasteiger partial charge is 0.254 e. The van der Waals surface area contributed by atoms with E-state index >= 15 is 0 Å². The Morgan fingerprint density at radius 2 is 0.973 bits per heavy atom. The standard InChI is InChI=1S/C69H71BN4/c1-65(2)39-66(3,4)54-31-45(24-26-53(54)65)73-60-34-56-55(67(5,6)40-68(56,7)8)33-58(60)70-57-27-25-46(72(42-18-12-9-13-19-42)43-20-14-10-15-21-43)32-59(57)74(44-22-16-11-17-23-44)64-63(70)61(73)35-62(71-64)69-36-50-47-28-41-29-48(50)52(38-69)49(30-41)51(47)37-69/h9-27,31-35,41,47-52H,28-30,36-40H2,1-8H3/t41?,47-,48-,49?,50?,51?,52?,69-/m1/s1. The largest absolute Gasteiger partial charge is 0.311 e. The Balaban J connectivity index is 0.999. The SMILES string of the molecule is CC1(C)CC(C)(C)c2cc(N3c4cc5c(cc4B4c6ccc(N(c7ccccc7)c7ccccc7)cc6N(c6ccccc6)c6nc([C@]78CC9C%10CC%11C[C@@H]9C(C7)[C@@H](C%11)C%10C8)cc3c64)C(C)(C)CC5(C)C)ccc21. The second-order valence-corrected chi connectivity index (χ2v) is 28.0. The maximum atomic E-state index is 6.39. The lowest BCUT2D eigenvalue weighted by Gasteiger charge is -2.72. The van der Waals surface area contributed by atoms with Crippen LogP contribution in [0.15, 0.2) is 146 Å². The van der Waals surface area contributed by atoms with Gasteiger partial charge in [0.15, 0.2) is 0 Å². The van der Waals surface area contributed by atoms with E-state index in [1.54, 1.807) is 0 Å². The van der Waals surface area contributed by atoms with Gasteiger partial charge in [0, 0.05) is 50.9 Å². The number of nitrogens with zero attached hydrogens (tertiary/aromatic N) is 4. The minimum absolute atomic E-state index is 0.0176. The van der Waals surface area contributed by atoms with Crippen LogP contribution < -0.4 is 31.1 Å². The average molecular weight is 967 g/mol. The van der Waals surface area contributed by atoms with Crippen LogP contribution in [0.4, 0.5) is 51.3 Å². The van der Waals surface area contributed by atoms with Crippen LogP contribution >= 0.6 is 0 Å². The van der Waals surface area contributed by atoms with Crippen molar-refractivity contribution in [1.82, 2.24) is 4.98 Å². The topological polar surface area (TPSA) is 22.6 Å². The molecule has 5 heteroatoms. The number of benzene rings is 6. The van der Waals surface area contributed by atoms with Gasteiger partial charge in [-0.1, -0.05) is 128 Å². The molecule has 0 saturated heterocycles. The van der Waals surface area contributed by atoms with Gasteiger partial charge in [-0.25, -0.2) is 4.98 Å². The molecular formula is C69H71BN4. The molecule has 3 heterocycles. The molecule has 0 unspecified atom stereocenters. The van der Waals surface area contributed by atoms with Gasteiger partial charge in [-0.15, -0.1) is 0 Å². The van der Waals surface area contributed by atoms with E-state index in [0.29, 0.717) is 0 Å². The molecule has 74 heavy (non-hydrogen) atoms. The summed E-state index contributed by atoms with van der Waals surface area (Å²) < 4.78 is 0. The first-order valence-electron chi connectivity index (χ1n) is 28.7. The summed E-state index contributed by atoms with van der Waals surface area (Å²) in [6.45, 7) is 19.9. The molecule has 370 valence electrons. The summed E-state index contributed by atoms with van der Waals surface area (Å²) in [5, 5.41) is 0. The Morgan fingerprint density at radius 3 is 1.57 bits per heavy atom. The van der Waals surface area contributed by atoms with E-state index < -0.39 is 0 Å². The molecule has 18 rings (SSSR count). The fourth-order valence-corrected chi connectivity index (χ4v) is 19.8. The van der Waals surface area contributed by atoms with Crippen LogP contribution in [0.3, 0.4) is 0 Å². The van der Waals surface area contributed by atoms with Crippen LogP contribution in [-0.2, 0) is 27.1 Å². The lowest BCUT2D eigenvalue weighted by Crippen LogP contribution is -2.66. The van der Waals surface area contributed by atoms with Crippen LogP contribution in [-0.4, -0.2) is 11.7 Å². The number of aromatic nitrogens is 1. The van der Waals surface area contributed by atoms with Crippen molar-refractivity contribution in [2.45, 2.75) is 134 Å². The van der Waals surface area contributed by atoms with Crippen molar-refractivity contribution >= 4 is 74.4 Å². The molecule has 9 aliphatic carbocycles. The first-order chi connectivity index (χ1) is 35.6. The molecule has 7 saturated carbocycles. The molecule has 2 aliphatic heterocycles. The second-order valence-electron chi connectivity index (χ2n) is 28.0. The lowest BCUT2D eigenvalue weighted by atomic mass is 9.32. The number of para-hydroxylation sites is 3. The highest BCUT2D eigenvalue weighted by atomic mass is 15.2. The number of pyridine rings is 1. The maximum absolute atomic E-state index is 6.39. The van der Waals surface area contributed by atoms with Crippen LogP contribution in [0, 0.1) is 41.4 Å². The zero-order valence-corrected chi connectivity index (χ0v) is 44.9. The van der Waals surface area contributed by atoms with Gasteiger partial charge in [-0.2, -0.15) is 0 Å². The summed E-state index contributed by atoms with van der Waals surface area (Å²) >= 11 is 0. The monoisotopic (exact) mass is 967 g/mol. The van der Waals surface area contributed by atoms with Crippen molar-refractivity contribution in [1.29, 1.82) is 0 Å². The van der Waals surface area contributed by atoms with Crippen LogP contribution in [0.25, 0.3) is 0 Å². The molecule has 7 aromatic rings. The van der Waals surface area contributed by atoms with Crippen LogP contribution in [0.2, 0.25) is 0 Å². The fraction of sp³-hybridized carbons (Fsp3) is 0.406. The molecule has 4 nitrogen and oxygen atoms in total. The molecule has 1 aromatic heterocycles. The first kappa shape index (κ1) is 44.3. The van der Waals surface area contributed by atoms with E-state index in [9.17, 15) is 0 Å². The molecule has 8 bridgehead atoms. The maximum Gasteiger partial charge on any atom is 0.254 e. The summed E-state index contributed by atoms with van der Waals surface area (Å²) in [6.07, 6.45) is 10.7. The summed E-state index contributed by atoms with van der Waals surface area (Å²) in [6, 6.07) is 56.3. The summed E-state index contributed by atoms with van der Waals surface area (Å²) in [7, 11) is 0. The van der Waals surface area contributed by atoms with Gasteiger partial charge in [-0.05, 0) is 226 Å². The van der Waals surface area contributed by atoms with E-state index in [-0.39, 0.29) is 33.8 Å².